The lowest BCUT2D eigenvalue weighted by molar-refractivity contribution is 0.305. The van der Waals surface area contributed by atoms with Gasteiger partial charge in [-0.3, -0.25) is 0 Å². The van der Waals surface area contributed by atoms with E-state index in [1.165, 1.54) is 69.8 Å². The SMILES string of the molecule is CC/C=C\CCCCCCOc1ccc(-c2ncc(CCCCCCCC)cn2)cc1. The highest BCUT2D eigenvalue weighted by atomic mass is 16.5. The van der Waals surface area contributed by atoms with Crippen molar-refractivity contribution in [1.82, 2.24) is 9.97 Å². The summed E-state index contributed by atoms with van der Waals surface area (Å²) < 4.78 is 5.89. The summed E-state index contributed by atoms with van der Waals surface area (Å²) in [7, 11) is 0. The number of ether oxygens (including phenoxy) is 1. The highest BCUT2D eigenvalue weighted by molar-refractivity contribution is 5.55. The van der Waals surface area contributed by atoms with E-state index in [4.69, 9.17) is 4.74 Å². The summed E-state index contributed by atoms with van der Waals surface area (Å²) in [5.41, 5.74) is 2.28. The second-order valence-corrected chi connectivity index (χ2v) is 8.39. The molecular formula is C28H42N2O. The summed E-state index contributed by atoms with van der Waals surface area (Å²) in [5.74, 6) is 1.71. The average molecular weight is 423 g/mol. The van der Waals surface area contributed by atoms with Crippen LogP contribution in [0.4, 0.5) is 0 Å². The number of aromatic nitrogens is 2. The predicted octanol–water partition coefficient (Wildman–Crippen LogP) is 8.34. The van der Waals surface area contributed by atoms with E-state index in [2.05, 4.69) is 48.1 Å². The molecule has 2 aromatic rings. The van der Waals surface area contributed by atoms with E-state index in [0.717, 1.165) is 43.0 Å². The van der Waals surface area contributed by atoms with Gasteiger partial charge >= 0.3 is 0 Å². The maximum atomic E-state index is 5.89. The van der Waals surface area contributed by atoms with E-state index < -0.39 is 0 Å². The lowest BCUT2D eigenvalue weighted by atomic mass is 10.1. The third-order valence-electron chi connectivity index (χ3n) is 5.57. The Morgan fingerprint density at radius 3 is 2.16 bits per heavy atom. The highest BCUT2D eigenvalue weighted by Crippen LogP contribution is 2.20. The van der Waals surface area contributed by atoms with Crippen LogP contribution in [0.15, 0.2) is 48.8 Å². The number of rotatable bonds is 17. The number of hydrogen-bond donors (Lipinski definition) is 0. The van der Waals surface area contributed by atoms with E-state index in [1.807, 2.05) is 24.5 Å². The average Bonchev–Trinajstić information content (AvgIpc) is 2.81. The molecule has 1 aromatic heterocycles. The summed E-state index contributed by atoms with van der Waals surface area (Å²) in [4.78, 5) is 9.15. The Bertz CT molecular complexity index is 707. The predicted molar refractivity (Wildman–Crippen MR) is 133 cm³/mol. The third kappa shape index (κ3) is 11.1. The van der Waals surface area contributed by atoms with Crippen molar-refractivity contribution < 1.29 is 4.74 Å². The van der Waals surface area contributed by atoms with Crippen LogP contribution in [0.3, 0.4) is 0 Å². The fraction of sp³-hybridized carbons (Fsp3) is 0.571. The maximum Gasteiger partial charge on any atom is 0.159 e. The quantitative estimate of drug-likeness (QED) is 0.190. The van der Waals surface area contributed by atoms with E-state index in [0.29, 0.717) is 0 Å². The number of aryl methyl sites for hydroxylation is 1. The maximum absolute atomic E-state index is 5.89. The Balaban J connectivity index is 1.64. The molecule has 1 aromatic carbocycles. The molecule has 0 bridgehead atoms. The van der Waals surface area contributed by atoms with Gasteiger partial charge in [0.1, 0.15) is 5.75 Å². The van der Waals surface area contributed by atoms with E-state index in [-0.39, 0.29) is 0 Å². The van der Waals surface area contributed by atoms with Crippen molar-refractivity contribution in [2.24, 2.45) is 0 Å². The second kappa shape index (κ2) is 16.5. The number of nitrogens with zero attached hydrogens (tertiary/aromatic N) is 2. The van der Waals surface area contributed by atoms with Gasteiger partial charge in [0.05, 0.1) is 6.61 Å². The normalized spacial score (nSPS) is 11.3. The van der Waals surface area contributed by atoms with Crippen molar-refractivity contribution in [3.63, 3.8) is 0 Å². The summed E-state index contributed by atoms with van der Waals surface area (Å²) in [5, 5.41) is 0. The van der Waals surface area contributed by atoms with Gasteiger partial charge in [0.2, 0.25) is 0 Å². The third-order valence-corrected chi connectivity index (χ3v) is 5.57. The molecular weight excluding hydrogens is 380 g/mol. The molecule has 0 spiro atoms. The summed E-state index contributed by atoms with van der Waals surface area (Å²) in [6.45, 7) is 5.23. The molecule has 0 aliphatic heterocycles. The fourth-order valence-electron chi connectivity index (χ4n) is 3.63. The standard InChI is InChI=1S/C28H42N2O/c1-3-5-7-9-11-12-14-16-22-31-27-20-18-26(19-21-27)28-29-23-25(24-30-28)17-15-13-10-8-6-4-2/h5,7,18-21,23-24H,3-4,6,8-17,22H2,1-2H3/b7-5-. The van der Waals surface area contributed by atoms with Crippen LogP contribution in [0.2, 0.25) is 0 Å². The van der Waals surface area contributed by atoms with Crippen molar-refractivity contribution >= 4 is 0 Å². The highest BCUT2D eigenvalue weighted by Gasteiger charge is 2.03. The molecule has 0 N–H and O–H groups in total. The Morgan fingerprint density at radius 1 is 0.742 bits per heavy atom. The Kier molecular flexibility index (Phi) is 13.4. The molecule has 0 atom stereocenters. The van der Waals surface area contributed by atoms with Crippen molar-refractivity contribution in [1.29, 1.82) is 0 Å². The molecule has 0 fully saturated rings. The minimum absolute atomic E-state index is 0.786. The minimum Gasteiger partial charge on any atom is -0.494 e. The van der Waals surface area contributed by atoms with Crippen molar-refractivity contribution in [3.05, 3.63) is 54.4 Å². The van der Waals surface area contributed by atoms with Gasteiger partial charge in [-0.1, -0.05) is 70.9 Å². The van der Waals surface area contributed by atoms with Gasteiger partial charge < -0.3 is 4.74 Å². The number of allylic oxidation sites excluding steroid dienone is 2. The first-order valence-electron chi connectivity index (χ1n) is 12.5. The van der Waals surface area contributed by atoms with Crippen LogP contribution in [0.25, 0.3) is 11.4 Å². The summed E-state index contributed by atoms with van der Waals surface area (Å²) >= 11 is 0. The smallest absolute Gasteiger partial charge is 0.159 e. The molecule has 0 aliphatic rings. The van der Waals surface area contributed by atoms with Crippen LogP contribution >= 0.6 is 0 Å². The molecule has 2 rings (SSSR count). The van der Waals surface area contributed by atoms with Crippen molar-refractivity contribution in [3.8, 4) is 17.1 Å². The molecule has 3 nitrogen and oxygen atoms in total. The van der Waals surface area contributed by atoms with Crippen molar-refractivity contribution in [2.45, 2.75) is 97.3 Å². The summed E-state index contributed by atoms with van der Waals surface area (Å²) in [6.07, 6.45) is 24.8. The Labute approximate surface area is 190 Å². The van der Waals surface area contributed by atoms with Crippen LogP contribution in [-0.2, 0) is 6.42 Å². The number of unbranched alkanes of at least 4 members (excludes halogenated alkanes) is 9. The zero-order valence-electron chi connectivity index (χ0n) is 19.8. The van der Waals surface area contributed by atoms with Gasteiger partial charge in [-0.2, -0.15) is 0 Å². The fourth-order valence-corrected chi connectivity index (χ4v) is 3.63. The van der Waals surface area contributed by atoms with Gasteiger partial charge in [-0.25, -0.2) is 9.97 Å². The van der Waals surface area contributed by atoms with Crippen LogP contribution < -0.4 is 4.74 Å². The Hall–Kier alpha value is -2.16. The minimum atomic E-state index is 0.786. The molecule has 0 radical (unpaired) electrons. The zero-order chi connectivity index (χ0) is 22.0. The van der Waals surface area contributed by atoms with Crippen molar-refractivity contribution in [2.75, 3.05) is 6.61 Å². The summed E-state index contributed by atoms with van der Waals surface area (Å²) in [6, 6.07) is 8.16. The first-order valence-corrected chi connectivity index (χ1v) is 12.5. The van der Waals surface area contributed by atoms with Crippen LogP contribution in [0.1, 0.15) is 96.5 Å². The monoisotopic (exact) mass is 422 g/mol. The van der Waals surface area contributed by atoms with Gasteiger partial charge in [-0.15, -0.1) is 0 Å². The van der Waals surface area contributed by atoms with E-state index >= 15 is 0 Å². The lowest BCUT2D eigenvalue weighted by Crippen LogP contribution is -1.97. The molecule has 3 heteroatoms. The largest absolute Gasteiger partial charge is 0.494 e. The Morgan fingerprint density at radius 2 is 1.42 bits per heavy atom. The number of benzene rings is 1. The molecule has 1 heterocycles. The van der Waals surface area contributed by atoms with Gasteiger partial charge in [-0.05, 0) is 68.4 Å². The van der Waals surface area contributed by atoms with Crippen LogP contribution in [-0.4, -0.2) is 16.6 Å². The second-order valence-electron chi connectivity index (χ2n) is 8.39. The molecule has 0 saturated heterocycles. The topological polar surface area (TPSA) is 35.0 Å². The van der Waals surface area contributed by atoms with Gasteiger partial charge in [0.15, 0.2) is 5.82 Å². The van der Waals surface area contributed by atoms with E-state index in [9.17, 15) is 0 Å². The molecule has 0 unspecified atom stereocenters. The van der Waals surface area contributed by atoms with Gasteiger partial charge in [0.25, 0.3) is 0 Å². The number of hydrogen-bond acceptors (Lipinski definition) is 3. The van der Waals surface area contributed by atoms with Crippen LogP contribution in [0, 0.1) is 0 Å². The molecule has 0 saturated carbocycles. The first kappa shape index (κ1) is 25.1. The van der Waals surface area contributed by atoms with Crippen LogP contribution in [0.5, 0.6) is 5.75 Å². The van der Waals surface area contributed by atoms with Gasteiger partial charge in [0, 0.05) is 18.0 Å². The lowest BCUT2D eigenvalue weighted by Gasteiger charge is -2.07. The molecule has 0 aliphatic carbocycles. The zero-order valence-corrected chi connectivity index (χ0v) is 19.8. The van der Waals surface area contributed by atoms with E-state index in [1.54, 1.807) is 0 Å². The molecule has 31 heavy (non-hydrogen) atoms. The molecule has 0 amide bonds. The first-order chi connectivity index (χ1) is 15.3. The molecule has 170 valence electrons.